The smallest absolute Gasteiger partial charge is 0.339 e. The van der Waals surface area contributed by atoms with Gasteiger partial charge in [-0.25, -0.2) is 9.78 Å². The number of nitrogens with zero attached hydrogens (tertiary/aromatic N) is 2. The molecule has 1 aromatic carbocycles. The van der Waals surface area contributed by atoms with E-state index in [0.29, 0.717) is 28.2 Å². The van der Waals surface area contributed by atoms with Crippen LogP contribution in [0, 0.1) is 6.92 Å². The number of hydrogen-bond acceptors (Lipinski definition) is 6. The Labute approximate surface area is 173 Å². The van der Waals surface area contributed by atoms with Crippen molar-refractivity contribution in [2.24, 2.45) is 0 Å². The minimum atomic E-state index is -0.484. The van der Waals surface area contributed by atoms with E-state index in [4.69, 9.17) is 4.74 Å². The summed E-state index contributed by atoms with van der Waals surface area (Å²) in [6, 6.07) is 12.9. The fourth-order valence-electron chi connectivity index (χ4n) is 2.68. The summed E-state index contributed by atoms with van der Waals surface area (Å²) in [4.78, 5) is 44.9. The fraction of sp³-hybridized carbons (Fsp3) is 0.136. The molecule has 0 fully saturated rings. The third-order valence-corrected chi connectivity index (χ3v) is 4.13. The summed E-state index contributed by atoms with van der Waals surface area (Å²) in [7, 11) is 0. The largest absolute Gasteiger partial charge is 0.462 e. The first-order chi connectivity index (χ1) is 14.5. The van der Waals surface area contributed by atoms with Gasteiger partial charge in [-0.2, -0.15) is 0 Å². The van der Waals surface area contributed by atoms with E-state index in [2.05, 4.69) is 20.6 Å². The zero-order valence-electron chi connectivity index (χ0n) is 16.5. The number of hydrogen-bond donors (Lipinski definition) is 2. The maximum Gasteiger partial charge on any atom is 0.339 e. The Hall–Kier alpha value is -4.07. The zero-order chi connectivity index (χ0) is 21.5. The molecule has 8 heteroatoms. The van der Waals surface area contributed by atoms with E-state index < -0.39 is 11.9 Å². The molecule has 30 heavy (non-hydrogen) atoms. The Balaban J connectivity index is 1.71. The minimum absolute atomic E-state index is 0.146. The van der Waals surface area contributed by atoms with E-state index in [9.17, 15) is 14.4 Å². The van der Waals surface area contributed by atoms with Crippen LogP contribution in [0.4, 0.5) is 11.4 Å². The normalized spacial score (nSPS) is 10.2. The highest BCUT2D eigenvalue weighted by Gasteiger charge is 2.15. The van der Waals surface area contributed by atoms with Crippen LogP contribution < -0.4 is 10.6 Å². The van der Waals surface area contributed by atoms with Crippen LogP contribution in [0.3, 0.4) is 0 Å². The molecule has 2 heterocycles. The number of carbonyl (C=O) groups excluding carboxylic acids is 3. The highest BCUT2D eigenvalue weighted by molar-refractivity contribution is 6.07. The Kier molecular flexibility index (Phi) is 6.49. The summed E-state index contributed by atoms with van der Waals surface area (Å²) in [6.07, 6.45) is 3.16. The molecule has 0 atom stereocenters. The van der Waals surface area contributed by atoms with Gasteiger partial charge < -0.3 is 15.4 Å². The molecule has 8 nitrogen and oxygen atoms in total. The first-order valence-corrected chi connectivity index (χ1v) is 9.25. The molecule has 152 valence electrons. The van der Waals surface area contributed by atoms with Crippen LogP contribution in [-0.2, 0) is 4.74 Å². The predicted molar refractivity (Wildman–Crippen MR) is 112 cm³/mol. The van der Waals surface area contributed by atoms with Crippen molar-refractivity contribution in [3.63, 3.8) is 0 Å². The van der Waals surface area contributed by atoms with Crippen molar-refractivity contribution in [3.05, 3.63) is 83.4 Å². The Morgan fingerprint density at radius 2 is 1.67 bits per heavy atom. The topological polar surface area (TPSA) is 110 Å². The van der Waals surface area contributed by atoms with Gasteiger partial charge in [-0.3, -0.25) is 14.6 Å². The van der Waals surface area contributed by atoms with Crippen molar-refractivity contribution in [1.82, 2.24) is 9.97 Å². The van der Waals surface area contributed by atoms with E-state index in [0.717, 1.165) is 0 Å². The number of ether oxygens (including phenoxy) is 1. The fourth-order valence-corrected chi connectivity index (χ4v) is 2.68. The van der Waals surface area contributed by atoms with Crippen LogP contribution in [0.2, 0.25) is 0 Å². The van der Waals surface area contributed by atoms with Gasteiger partial charge >= 0.3 is 5.97 Å². The average molecular weight is 404 g/mol. The zero-order valence-corrected chi connectivity index (χ0v) is 16.5. The molecule has 3 aromatic rings. The molecule has 0 saturated carbocycles. The molecule has 0 radical (unpaired) electrons. The summed E-state index contributed by atoms with van der Waals surface area (Å²) < 4.78 is 4.96. The second kappa shape index (κ2) is 9.42. The third kappa shape index (κ3) is 5.05. The molecular formula is C22H20N4O4. The lowest BCUT2D eigenvalue weighted by atomic mass is 10.1. The summed E-state index contributed by atoms with van der Waals surface area (Å²) in [6.45, 7) is 3.60. The maximum absolute atomic E-state index is 12.5. The van der Waals surface area contributed by atoms with Gasteiger partial charge in [-0.1, -0.05) is 6.07 Å². The predicted octanol–water partition coefficient (Wildman–Crippen LogP) is 3.47. The van der Waals surface area contributed by atoms with Gasteiger partial charge in [0.2, 0.25) is 0 Å². The molecule has 3 rings (SSSR count). The molecule has 2 aromatic heterocycles. The third-order valence-electron chi connectivity index (χ3n) is 4.13. The molecule has 0 spiro atoms. The Bertz CT molecular complexity index is 1080. The number of nitrogens with one attached hydrogen (secondary N) is 2. The van der Waals surface area contributed by atoms with E-state index >= 15 is 0 Å². The van der Waals surface area contributed by atoms with Crippen LogP contribution in [0.15, 0.2) is 60.9 Å². The molecule has 0 aliphatic carbocycles. The lowest BCUT2D eigenvalue weighted by Gasteiger charge is -2.09. The Morgan fingerprint density at radius 3 is 2.37 bits per heavy atom. The molecule has 0 aliphatic rings. The standard InChI is InChI=1S/C22H20N4O4/c1-3-30-22(29)18-7-8-19(24-14(18)2)21(28)26-17-6-4-5-15(13-17)20(27)25-16-9-11-23-12-10-16/h4-13H,3H2,1-2H3,(H,26,28)(H,23,25,27). The molecule has 0 unspecified atom stereocenters. The summed E-state index contributed by atoms with van der Waals surface area (Å²) in [5.41, 5.74) is 2.29. The van der Waals surface area contributed by atoms with Gasteiger partial charge in [-0.05, 0) is 56.3 Å². The first-order valence-electron chi connectivity index (χ1n) is 9.25. The highest BCUT2D eigenvalue weighted by Crippen LogP contribution is 2.15. The average Bonchev–Trinajstić information content (AvgIpc) is 2.74. The Morgan fingerprint density at radius 1 is 0.933 bits per heavy atom. The second-order valence-corrected chi connectivity index (χ2v) is 6.27. The molecule has 2 N–H and O–H groups in total. The van der Waals surface area contributed by atoms with Crippen molar-refractivity contribution >= 4 is 29.2 Å². The van der Waals surface area contributed by atoms with E-state index in [1.54, 1.807) is 62.6 Å². The summed E-state index contributed by atoms with van der Waals surface area (Å²) in [5, 5.41) is 5.47. The minimum Gasteiger partial charge on any atom is -0.462 e. The van der Waals surface area contributed by atoms with Gasteiger partial charge in [0, 0.05) is 29.3 Å². The number of pyridine rings is 2. The van der Waals surface area contributed by atoms with Crippen molar-refractivity contribution in [2.45, 2.75) is 13.8 Å². The van der Waals surface area contributed by atoms with E-state index in [-0.39, 0.29) is 18.2 Å². The van der Waals surface area contributed by atoms with Gasteiger partial charge in [0.15, 0.2) is 0 Å². The van der Waals surface area contributed by atoms with Crippen LogP contribution in [0.5, 0.6) is 0 Å². The van der Waals surface area contributed by atoms with Gasteiger partial charge in [0.25, 0.3) is 11.8 Å². The van der Waals surface area contributed by atoms with Crippen LogP contribution in [0.25, 0.3) is 0 Å². The van der Waals surface area contributed by atoms with Gasteiger partial charge in [0.05, 0.1) is 17.9 Å². The molecule has 2 amide bonds. The lowest BCUT2D eigenvalue weighted by Crippen LogP contribution is -2.17. The number of carbonyl (C=O) groups is 3. The molecule has 0 bridgehead atoms. The summed E-state index contributed by atoms with van der Waals surface area (Å²) in [5.74, 6) is -1.26. The van der Waals surface area contributed by atoms with Crippen molar-refractivity contribution in [1.29, 1.82) is 0 Å². The number of amides is 2. The monoisotopic (exact) mass is 404 g/mol. The van der Waals surface area contributed by atoms with Gasteiger partial charge in [0.1, 0.15) is 5.69 Å². The van der Waals surface area contributed by atoms with Gasteiger partial charge in [-0.15, -0.1) is 0 Å². The van der Waals surface area contributed by atoms with E-state index in [1.165, 1.54) is 12.1 Å². The van der Waals surface area contributed by atoms with Crippen molar-refractivity contribution in [3.8, 4) is 0 Å². The number of aromatic nitrogens is 2. The summed E-state index contributed by atoms with van der Waals surface area (Å²) >= 11 is 0. The van der Waals surface area contributed by atoms with Crippen molar-refractivity contribution in [2.75, 3.05) is 17.2 Å². The van der Waals surface area contributed by atoms with Crippen LogP contribution in [-0.4, -0.2) is 34.4 Å². The quantitative estimate of drug-likeness (QED) is 0.609. The lowest BCUT2D eigenvalue weighted by molar-refractivity contribution is 0.0524. The SMILES string of the molecule is CCOC(=O)c1ccc(C(=O)Nc2cccc(C(=O)Nc3ccncc3)c2)nc1C. The number of rotatable bonds is 6. The number of anilines is 2. The van der Waals surface area contributed by atoms with E-state index in [1.807, 2.05) is 0 Å². The number of aryl methyl sites for hydroxylation is 1. The van der Waals surface area contributed by atoms with Crippen LogP contribution >= 0.6 is 0 Å². The van der Waals surface area contributed by atoms with Crippen LogP contribution in [0.1, 0.15) is 43.8 Å². The first kappa shape index (κ1) is 20.7. The molecule has 0 aliphatic heterocycles. The highest BCUT2D eigenvalue weighted by atomic mass is 16.5. The van der Waals surface area contributed by atoms with Crippen molar-refractivity contribution < 1.29 is 19.1 Å². The molecular weight excluding hydrogens is 384 g/mol. The number of esters is 1. The molecule has 0 saturated heterocycles. The number of benzene rings is 1. The second-order valence-electron chi connectivity index (χ2n) is 6.27. The maximum atomic E-state index is 12.5.